The second-order valence-electron chi connectivity index (χ2n) is 6.73. The van der Waals surface area contributed by atoms with Crippen molar-refractivity contribution in [2.24, 2.45) is 0 Å². The fraction of sp³-hybridized carbons (Fsp3) is 0.273. The van der Waals surface area contributed by atoms with Gasteiger partial charge in [0, 0.05) is 31.3 Å². The van der Waals surface area contributed by atoms with Gasteiger partial charge in [0.15, 0.2) is 11.5 Å². The first-order valence-corrected chi connectivity index (χ1v) is 9.48. The van der Waals surface area contributed by atoms with E-state index in [-0.39, 0.29) is 17.6 Å². The number of nitrogens with zero attached hydrogens (tertiary/aromatic N) is 2. The average molecular weight is 377 g/mol. The molecule has 0 radical (unpaired) electrons. The zero-order chi connectivity index (χ0) is 19.2. The van der Waals surface area contributed by atoms with Crippen molar-refractivity contribution in [2.45, 2.75) is 6.04 Å². The van der Waals surface area contributed by atoms with Crippen LogP contribution >= 0.6 is 0 Å². The SMILES string of the molecule is O=C(NC[C@@H](c1ccccc1)N1CCOCC1)c1cc(-c2ccccc2)on1. The Morgan fingerprint density at radius 3 is 2.43 bits per heavy atom. The molecule has 3 aromatic rings. The summed E-state index contributed by atoms with van der Waals surface area (Å²) in [6.45, 7) is 3.60. The summed E-state index contributed by atoms with van der Waals surface area (Å²) in [7, 11) is 0. The highest BCUT2D eigenvalue weighted by Crippen LogP contribution is 2.22. The van der Waals surface area contributed by atoms with Crippen LogP contribution in [0.2, 0.25) is 0 Å². The Morgan fingerprint density at radius 2 is 1.71 bits per heavy atom. The Kier molecular flexibility index (Phi) is 5.80. The number of hydrogen-bond acceptors (Lipinski definition) is 5. The van der Waals surface area contributed by atoms with E-state index in [0.717, 1.165) is 18.7 Å². The number of amides is 1. The second-order valence-corrected chi connectivity index (χ2v) is 6.73. The number of nitrogens with one attached hydrogen (secondary N) is 1. The van der Waals surface area contributed by atoms with Gasteiger partial charge < -0.3 is 14.6 Å². The average Bonchev–Trinajstić information content (AvgIpc) is 3.26. The predicted octanol–water partition coefficient (Wildman–Crippen LogP) is 3.14. The number of benzene rings is 2. The maximum Gasteiger partial charge on any atom is 0.273 e. The van der Waals surface area contributed by atoms with E-state index in [9.17, 15) is 4.79 Å². The first-order valence-electron chi connectivity index (χ1n) is 9.48. The van der Waals surface area contributed by atoms with Gasteiger partial charge in [0.25, 0.3) is 5.91 Å². The number of carbonyl (C=O) groups is 1. The summed E-state index contributed by atoms with van der Waals surface area (Å²) in [5, 5.41) is 6.95. The van der Waals surface area contributed by atoms with Gasteiger partial charge in [-0.25, -0.2) is 0 Å². The number of carbonyl (C=O) groups excluding carboxylic acids is 1. The summed E-state index contributed by atoms with van der Waals surface area (Å²) in [4.78, 5) is 15.0. The predicted molar refractivity (Wildman–Crippen MR) is 106 cm³/mol. The fourth-order valence-corrected chi connectivity index (χ4v) is 3.42. The lowest BCUT2D eigenvalue weighted by atomic mass is 10.0. The minimum atomic E-state index is -0.236. The lowest BCUT2D eigenvalue weighted by Crippen LogP contribution is -2.43. The van der Waals surface area contributed by atoms with Crippen molar-refractivity contribution in [3.8, 4) is 11.3 Å². The van der Waals surface area contributed by atoms with Crippen LogP contribution in [0.4, 0.5) is 0 Å². The van der Waals surface area contributed by atoms with Crippen LogP contribution in [-0.2, 0) is 4.74 Å². The van der Waals surface area contributed by atoms with E-state index in [2.05, 4.69) is 27.5 Å². The van der Waals surface area contributed by atoms with Crippen LogP contribution < -0.4 is 5.32 Å². The summed E-state index contributed by atoms with van der Waals surface area (Å²) in [5.74, 6) is 0.346. The minimum Gasteiger partial charge on any atom is -0.379 e. The third kappa shape index (κ3) is 4.30. The van der Waals surface area contributed by atoms with Gasteiger partial charge in [0.2, 0.25) is 0 Å². The smallest absolute Gasteiger partial charge is 0.273 e. The monoisotopic (exact) mass is 377 g/mol. The maximum atomic E-state index is 12.6. The number of morpholine rings is 1. The van der Waals surface area contributed by atoms with Crippen LogP contribution in [0.5, 0.6) is 0 Å². The molecule has 1 fully saturated rings. The molecule has 0 saturated carbocycles. The highest BCUT2D eigenvalue weighted by atomic mass is 16.5. The van der Waals surface area contributed by atoms with E-state index in [1.165, 1.54) is 5.56 Å². The molecule has 1 amide bonds. The lowest BCUT2D eigenvalue weighted by Gasteiger charge is -2.34. The molecule has 0 aliphatic carbocycles. The summed E-state index contributed by atoms with van der Waals surface area (Å²) < 4.78 is 10.8. The Labute approximate surface area is 164 Å². The van der Waals surface area contributed by atoms with Crippen LogP contribution in [0, 0.1) is 0 Å². The Balaban J connectivity index is 1.45. The van der Waals surface area contributed by atoms with Gasteiger partial charge >= 0.3 is 0 Å². The maximum absolute atomic E-state index is 12.6. The Morgan fingerprint density at radius 1 is 1.04 bits per heavy atom. The highest BCUT2D eigenvalue weighted by Gasteiger charge is 2.24. The Hall–Kier alpha value is -2.96. The van der Waals surface area contributed by atoms with Gasteiger partial charge in [-0.05, 0) is 5.56 Å². The van der Waals surface area contributed by atoms with Crippen LogP contribution in [-0.4, -0.2) is 48.8 Å². The topological polar surface area (TPSA) is 67.6 Å². The molecule has 6 heteroatoms. The molecule has 1 atom stereocenters. The summed E-state index contributed by atoms with van der Waals surface area (Å²) in [6, 6.07) is 21.6. The van der Waals surface area contributed by atoms with Crippen LogP contribution in [0.15, 0.2) is 71.3 Å². The molecule has 2 heterocycles. The molecule has 1 saturated heterocycles. The number of aromatic nitrogens is 1. The molecule has 6 nitrogen and oxygen atoms in total. The van der Waals surface area contributed by atoms with Gasteiger partial charge in [-0.1, -0.05) is 65.8 Å². The van der Waals surface area contributed by atoms with Gasteiger partial charge in [-0.3, -0.25) is 9.69 Å². The van der Waals surface area contributed by atoms with Crippen molar-refractivity contribution in [3.63, 3.8) is 0 Å². The van der Waals surface area contributed by atoms with E-state index in [1.54, 1.807) is 6.07 Å². The van der Waals surface area contributed by atoms with Gasteiger partial charge in [0.1, 0.15) is 0 Å². The number of hydrogen-bond donors (Lipinski definition) is 1. The largest absolute Gasteiger partial charge is 0.379 e. The lowest BCUT2D eigenvalue weighted by molar-refractivity contribution is 0.0162. The van der Waals surface area contributed by atoms with Crippen molar-refractivity contribution < 1.29 is 14.1 Å². The van der Waals surface area contributed by atoms with Crippen molar-refractivity contribution in [1.29, 1.82) is 0 Å². The Bertz CT molecular complexity index is 890. The zero-order valence-corrected chi connectivity index (χ0v) is 15.6. The van der Waals surface area contributed by atoms with Crippen molar-refractivity contribution in [2.75, 3.05) is 32.8 Å². The molecular formula is C22H23N3O3. The van der Waals surface area contributed by atoms with E-state index >= 15 is 0 Å². The van der Waals surface area contributed by atoms with Gasteiger partial charge in [-0.15, -0.1) is 0 Å². The molecule has 0 spiro atoms. The third-order valence-electron chi connectivity index (χ3n) is 4.93. The molecule has 1 aromatic heterocycles. The van der Waals surface area contributed by atoms with E-state index < -0.39 is 0 Å². The minimum absolute atomic E-state index is 0.0922. The van der Waals surface area contributed by atoms with Gasteiger partial charge in [0.05, 0.1) is 19.3 Å². The molecular weight excluding hydrogens is 354 g/mol. The molecule has 4 rings (SSSR count). The molecule has 144 valence electrons. The first-order chi connectivity index (χ1) is 13.8. The number of rotatable bonds is 6. The van der Waals surface area contributed by atoms with Crippen LogP contribution in [0.25, 0.3) is 11.3 Å². The van der Waals surface area contributed by atoms with E-state index in [0.29, 0.717) is 25.5 Å². The normalized spacial score (nSPS) is 15.9. The zero-order valence-electron chi connectivity index (χ0n) is 15.6. The highest BCUT2D eigenvalue weighted by molar-refractivity contribution is 5.93. The molecule has 1 aliphatic heterocycles. The molecule has 0 unspecified atom stereocenters. The van der Waals surface area contributed by atoms with Crippen LogP contribution in [0.1, 0.15) is 22.1 Å². The third-order valence-corrected chi connectivity index (χ3v) is 4.93. The molecule has 2 aromatic carbocycles. The summed E-state index contributed by atoms with van der Waals surface area (Å²) in [5.41, 5.74) is 2.35. The van der Waals surface area contributed by atoms with E-state index in [4.69, 9.17) is 9.26 Å². The molecule has 28 heavy (non-hydrogen) atoms. The standard InChI is InChI=1S/C22H23N3O3/c26-22(19-15-21(28-24-19)18-9-5-2-6-10-18)23-16-20(17-7-3-1-4-8-17)25-11-13-27-14-12-25/h1-10,15,20H,11-14,16H2,(H,23,26)/t20-/m0/s1. The van der Waals surface area contributed by atoms with E-state index in [1.807, 2.05) is 48.5 Å². The van der Waals surface area contributed by atoms with Crippen molar-refractivity contribution in [3.05, 3.63) is 78.0 Å². The fourth-order valence-electron chi connectivity index (χ4n) is 3.42. The molecule has 0 bridgehead atoms. The van der Waals surface area contributed by atoms with Crippen molar-refractivity contribution >= 4 is 5.91 Å². The second kappa shape index (κ2) is 8.82. The first kappa shape index (κ1) is 18.4. The quantitative estimate of drug-likeness (QED) is 0.715. The summed E-state index contributed by atoms with van der Waals surface area (Å²) in [6.07, 6.45) is 0. The van der Waals surface area contributed by atoms with Crippen molar-refractivity contribution in [1.82, 2.24) is 15.4 Å². The van der Waals surface area contributed by atoms with Crippen LogP contribution in [0.3, 0.4) is 0 Å². The number of ether oxygens (including phenoxy) is 1. The molecule has 1 N–H and O–H groups in total. The van der Waals surface area contributed by atoms with Gasteiger partial charge in [-0.2, -0.15) is 0 Å². The summed E-state index contributed by atoms with van der Waals surface area (Å²) >= 11 is 0. The molecule has 1 aliphatic rings.